The summed E-state index contributed by atoms with van der Waals surface area (Å²) in [6.45, 7) is 1.81. The summed E-state index contributed by atoms with van der Waals surface area (Å²) in [5.41, 5.74) is 1.55. The number of hydrogen-bond donors (Lipinski definition) is 1. The average Bonchev–Trinajstić information content (AvgIpc) is 3.25. The first-order valence-corrected chi connectivity index (χ1v) is 10.7. The number of anilines is 1. The molecular formula is C23H24N2O7S. The van der Waals surface area contributed by atoms with E-state index in [4.69, 9.17) is 23.7 Å². The molecular weight excluding hydrogens is 448 g/mol. The third-order valence-corrected chi connectivity index (χ3v) is 5.25. The van der Waals surface area contributed by atoms with Crippen molar-refractivity contribution >= 4 is 28.9 Å². The van der Waals surface area contributed by atoms with E-state index in [9.17, 15) is 9.59 Å². The Balaban J connectivity index is 1.52. The SMILES string of the molecule is COc1cc(NC(=O)COC(=O)c2ccc(OCc3csc(C)n3)cc2)cc(OC)c1OC. The Labute approximate surface area is 195 Å². The van der Waals surface area contributed by atoms with Gasteiger partial charge in [0.2, 0.25) is 5.75 Å². The average molecular weight is 473 g/mol. The number of aryl methyl sites for hydroxylation is 1. The Kier molecular flexibility index (Phi) is 8.09. The summed E-state index contributed by atoms with van der Waals surface area (Å²) >= 11 is 1.56. The highest BCUT2D eigenvalue weighted by molar-refractivity contribution is 7.09. The molecule has 0 spiro atoms. The highest BCUT2D eigenvalue weighted by atomic mass is 32.1. The van der Waals surface area contributed by atoms with Crippen molar-refractivity contribution < 1.29 is 33.3 Å². The zero-order valence-corrected chi connectivity index (χ0v) is 19.5. The molecule has 0 radical (unpaired) electrons. The number of amides is 1. The summed E-state index contributed by atoms with van der Waals surface area (Å²) in [6.07, 6.45) is 0. The van der Waals surface area contributed by atoms with Gasteiger partial charge in [0.15, 0.2) is 18.1 Å². The second kappa shape index (κ2) is 11.2. The topological polar surface area (TPSA) is 105 Å². The van der Waals surface area contributed by atoms with Crippen molar-refractivity contribution in [3.8, 4) is 23.0 Å². The Morgan fingerprint density at radius 2 is 1.67 bits per heavy atom. The van der Waals surface area contributed by atoms with E-state index in [-0.39, 0.29) is 0 Å². The first kappa shape index (κ1) is 23.9. The molecule has 0 aliphatic carbocycles. The number of thiazole rings is 1. The quantitative estimate of drug-likeness (QED) is 0.444. The van der Waals surface area contributed by atoms with Crippen LogP contribution in [0, 0.1) is 6.92 Å². The van der Waals surface area contributed by atoms with Gasteiger partial charge in [0.1, 0.15) is 12.4 Å². The van der Waals surface area contributed by atoms with Crippen LogP contribution in [0.3, 0.4) is 0 Å². The van der Waals surface area contributed by atoms with Crippen molar-refractivity contribution in [3.05, 3.63) is 58.0 Å². The molecule has 0 aliphatic heterocycles. The van der Waals surface area contributed by atoms with Crippen LogP contribution in [0.2, 0.25) is 0 Å². The number of esters is 1. The molecule has 0 unspecified atom stereocenters. The van der Waals surface area contributed by atoms with E-state index in [0.717, 1.165) is 10.7 Å². The summed E-state index contributed by atoms with van der Waals surface area (Å²) < 4.78 is 26.5. The molecule has 0 atom stereocenters. The number of rotatable bonds is 10. The lowest BCUT2D eigenvalue weighted by Gasteiger charge is -2.14. The predicted octanol–water partition coefficient (Wildman–Crippen LogP) is 3.85. The summed E-state index contributed by atoms with van der Waals surface area (Å²) in [7, 11) is 4.43. The molecule has 1 aromatic heterocycles. The lowest BCUT2D eigenvalue weighted by Crippen LogP contribution is -2.21. The van der Waals surface area contributed by atoms with Gasteiger partial charge in [0.25, 0.3) is 5.91 Å². The molecule has 0 aliphatic rings. The van der Waals surface area contributed by atoms with Crippen molar-refractivity contribution in [2.75, 3.05) is 33.3 Å². The number of ether oxygens (including phenoxy) is 5. The van der Waals surface area contributed by atoms with E-state index in [1.807, 2.05) is 12.3 Å². The third kappa shape index (κ3) is 6.36. The molecule has 0 saturated carbocycles. The molecule has 1 heterocycles. The number of nitrogens with zero attached hydrogens (tertiary/aromatic N) is 1. The number of nitrogens with one attached hydrogen (secondary N) is 1. The highest BCUT2D eigenvalue weighted by Crippen LogP contribution is 2.39. The summed E-state index contributed by atoms with van der Waals surface area (Å²) in [5, 5.41) is 5.54. The van der Waals surface area contributed by atoms with Gasteiger partial charge in [-0.2, -0.15) is 0 Å². The van der Waals surface area contributed by atoms with Crippen molar-refractivity contribution in [3.63, 3.8) is 0 Å². The minimum absolute atomic E-state index is 0.299. The normalized spacial score (nSPS) is 10.3. The van der Waals surface area contributed by atoms with Crippen LogP contribution in [-0.2, 0) is 16.1 Å². The number of aromatic nitrogens is 1. The Morgan fingerprint density at radius 3 is 2.21 bits per heavy atom. The minimum Gasteiger partial charge on any atom is -0.493 e. The van der Waals surface area contributed by atoms with E-state index in [1.165, 1.54) is 21.3 Å². The molecule has 2 aromatic carbocycles. The summed E-state index contributed by atoms with van der Waals surface area (Å²) in [5.74, 6) is 0.622. The molecule has 0 bridgehead atoms. The standard InChI is InChI=1S/C23H24N2O7S/c1-14-24-17(13-33-14)11-31-18-7-5-15(6-8-18)23(27)32-12-21(26)25-16-9-19(28-2)22(30-4)20(10-16)29-3/h5-10,13H,11-12H2,1-4H3,(H,25,26). The van der Waals surface area contributed by atoms with Crippen molar-refractivity contribution in [1.82, 2.24) is 4.98 Å². The highest BCUT2D eigenvalue weighted by Gasteiger charge is 2.16. The molecule has 10 heteroatoms. The molecule has 3 aromatic rings. The van der Waals surface area contributed by atoms with Gasteiger partial charge >= 0.3 is 5.97 Å². The molecule has 1 amide bonds. The van der Waals surface area contributed by atoms with Gasteiger partial charge in [0.05, 0.1) is 37.6 Å². The Bertz CT molecular complexity index is 1090. The Morgan fingerprint density at radius 1 is 1.00 bits per heavy atom. The van der Waals surface area contributed by atoms with E-state index in [0.29, 0.717) is 40.9 Å². The van der Waals surface area contributed by atoms with Crippen LogP contribution in [0.4, 0.5) is 5.69 Å². The zero-order valence-electron chi connectivity index (χ0n) is 18.7. The van der Waals surface area contributed by atoms with Crippen molar-refractivity contribution in [1.29, 1.82) is 0 Å². The smallest absolute Gasteiger partial charge is 0.338 e. The first-order chi connectivity index (χ1) is 15.9. The van der Waals surface area contributed by atoms with Gasteiger partial charge in [-0.1, -0.05) is 0 Å². The maximum Gasteiger partial charge on any atom is 0.338 e. The predicted molar refractivity (Wildman–Crippen MR) is 123 cm³/mol. The van der Waals surface area contributed by atoms with E-state index < -0.39 is 18.5 Å². The zero-order chi connectivity index (χ0) is 23.8. The van der Waals surface area contributed by atoms with E-state index in [1.54, 1.807) is 47.7 Å². The fourth-order valence-corrected chi connectivity index (χ4v) is 3.48. The monoisotopic (exact) mass is 472 g/mol. The van der Waals surface area contributed by atoms with E-state index in [2.05, 4.69) is 10.3 Å². The maximum absolute atomic E-state index is 12.3. The van der Waals surface area contributed by atoms with Gasteiger partial charge in [-0.15, -0.1) is 11.3 Å². The van der Waals surface area contributed by atoms with Crippen LogP contribution in [0.25, 0.3) is 0 Å². The summed E-state index contributed by atoms with van der Waals surface area (Å²) in [4.78, 5) is 28.9. The number of hydrogen-bond acceptors (Lipinski definition) is 9. The number of methoxy groups -OCH3 is 3. The van der Waals surface area contributed by atoms with Gasteiger partial charge in [-0.25, -0.2) is 9.78 Å². The van der Waals surface area contributed by atoms with Crippen LogP contribution in [0.15, 0.2) is 41.8 Å². The van der Waals surface area contributed by atoms with Crippen molar-refractivity contribution in [2.24, 2.45) is 0 Å². The molecule has 0 saturated heterocycles. The van der Waals surface area contributed by atoms with Crippen LogP contribution in [-0.4, -0.2) is 44.8 Å². The molecule has 9 nitrogen and oxygen atoms in total. The van der Waals surface area contributed by atoms with Gasteiger partial charge in [0, 0.05) is 23.2 Å². The lowest BCUT2D eigenvalue weighted by molar-refractivity contribution is -0.119. The Hall–Kier alpha value is -3.79. The molecule has 3 rings (SSSR count). The fraction of sp³-hybridized carbons (Fsp3) is 0.261. The maximum atomic E-state index is 12.3. The van der Waals surface area contributed by atoms with Gasteiger partial charge in [-0.3, -0.25) is 4.79 Å². The van der Waals surface area contributed by atoms with E-state index >= 15 is 0 Å². The fourth-order valence-electron chi connectivity index (χ4n) is 2.88. The second-order valence-corrected chi connectivity index (χ2v) is 7.77. The first-order valence-electron chi connectivity index (χ1n) is 9.84. The number of benzene rings is 2. The van der Waals surface area contributed by atoms with Crippen LogP contribution >= 0.6 is 11.3 Å². The molecule has 0 fully saturated rings. The largest absolute Gasteiger partial charge is 0.493 e. The van der Waals surface area contributed by atoms with Crippen LogP contribution < -0.4 is 24.3 Å². The van der Waals surface area contributed by atoms with Crippen LogP contribution in [0.1, 0.15) is 21.1 Å². The molecule has 174 valence electrons. The van der Waals surface area contributed by atoms with Gasteiger partial charge in [-0.05, 0) is 31.2 Å². The third-order valence-electron chi connectivity index (χ3n) is 4.43. The number of carbonyl (C=O) groups excluding carboxylic acids is 2. The molecule has 33 heavy (non-hydrogen) atoms. The minimum atomic E-state index is -0.628. The second-order valence-electron chi connectivity index (χ2n) is 6.71. The molecule has 1 N–H and O–H groups in total. The number of carbonyl (C=O) groups is 2. The lowest BCUT2D eigenvalue weighted by atomic mass is 10.2. The van der Waals surface area contributed by atoms with Crippen LogP contribution in [0.5, 0.6) is 23.0 Å². The summed E-state index contributed by atoms with van der Waals surface area (Å²) in [6, 6.07) is 9.61. The van der Waals surface area contributed by atoms with Crippen molar-refractivity contribution in [2.45, 2.75) is 13.5 Å². The van der Waals surface area contributed by atoms with Gasteiger partial charge < -0.3 is 29.0 Å².